The number of aromatic nitrogens is 1. The third-order valence-corrected chi connectivity index (χ3v) is 8.68. The number of carbonyl (C=O) groups excluding carboxylic acids is 1. The van der Waals surface area contributed by atoms with Gasteiger partial charge in [-0.3, -0.25) is 4.79 Å². The smallest absolute Gasteiger partial charge is 0.298 e. The van der Waals surface area contributed by atoms with Crippen molar-refractivity contribution in [1.82, 2.24) is 9.29 Å². The third kappa shape index (κ3) is 4.45. The number of para-hydroxylation sites is 2. The number of carbonyl (C=O) groups is 1. The lowest BCUT2D eigenvalue weighted by molar-refractivity contribution is -0.120. The number of hydrogen-bond acceptors (Lipinski definition) is 6. The van der Waals surface area contributed by atoms with E-state index in [2.05, 4.69) is 10.3 Å². The molecule has 2 aliphatic rings. The highest BCUT2D eigenvalue weighted by atomic mass is 35.5. The Balaban J connectivity index is 1.24. The fourth-order valence-electron chi connectivity index (χ4n) is 4.42. The number of nitrogens with zero attached hydrogens (tertiary/aromatic N) is 3. The van der Waals surface area contributed by atoms with Crippen molar-refractivity contribution in [2.75, 3.05) is 36.4 Å². The molecule has 3 heterocycles. The van der Waals surface area contributed by atoms with Crippen molar-refractivity contribution in [3.8, 4) is 0 Å². The van der Waals surface area contributed by atoms with Crippen LogP contribution in [0.2, 0.25) is 5.02 Å². The van der Waals surface area contributed by atoms with E-state index in [4.69, 9.17) is 16.0 Å². The molecule has 0 atom stereocenters. The molecule has 10 heteroatoms. The van der Waals surface area contributed by atoms with Crippen molar-refractivity contribution in [3.63, 3.8) is 0 Å². The topological polar surface area (TPSA) is 95.8 Å². The monoisotopic (exact) mass is 488 g/mol. The molecule has 1 N–H and O–H groups in total. The minimum atomic E-state index is -3.68. The van der Waals surface area contributed by atoms with E-state index in [-0.39, 0.29) is 21.7 Å². The van der Waals surface area contributed by atoms with Crippen LogP contribution in [-0.4, -0.2) is 49.8 Å². The predicted octanol–water partition coefficient (Wildman–Crippen LogP) is 4.12. The lowest BCUT2D eigenvalue weighted by Crippen LogP contribution is -2.38. The van der Waals surface area contributed by atoms with Gasteiger partial charge >= 0.3 is 0 Å². The highest BCUT2D eigenvalue weighted by molar-refractivity contribution is 7.89. The van der Waals surface area contributed by atoms with Crippen molar-refractivity contribution >= 4 is 50.3 Å². The summed E-state index contributed by atoms with van der Waals surface area (Å²) in [6.07, 6.45) is 2.99. The Morgan fingerprint density at radius 3 is 2.52 bits per heavy atom. The first-order chi connectivity index (χ1) is 15.9. The Kier molecular flexibility index (Phi) is 6.03. The van der Waals surface area contributed by atoms with Gasteiger partial charge in [-0.25, -0.2) is 8.42 Å². The molecule has 3 aromatic rings. The SMILES string of the molecule is O=C(Nc1ccc(Cl)c(S(=O)(=O)N2CCCC2)c1)C1CCN(c2nc3ccccc3o2)CC1. The molecule has 2 saturated heterocycles. The van der Waals surface area contributed by atoms with Crippen LogP contribution in [0.4, 0.5) is 11.7 Å². The molecule has 0 saturated carbocycles. The summed E-state index contributed by atoms with van der Waals surface area (Å²) in [5.74, 6) is -0.306. The number of nitrogens with one attached hydrogen (secondary N) is 1. The van der Waals surface area contributed by atoms with Crippen LogP contribution in [0.25, 0.3) is 11.1 Å². The summed E-state index contributed by atoms with van der Waals surface area (Å²) in [4.78, 5) is 19.5. The normalized spacial score (nSPS) is 18.2. The zero-order chi connectivity index (χ0) is 23.0. The molecule has 1 aromatic heterocycles. The highest BCUT2D eigenvalue weighted by Gasteiger charge is 2.30. The molecule has 2 fully saturated rings. The van der Waals surface area contributed by atoms with Gasteiger partial charge in [-0.2, -0.15) is 9.29 Å². The summed E-state index contributed by atoms with van der Waals surface area (Å²) in [7, 11) is -3.68. The second kappa shape index (κ2) is 8.96. The van der Waals surface area contributed by atoms with Gasteiger partial charge in [0, 0.05) is 37.8 Å². The van der Waals surface area contributed by atoms with E-state index in [0.717, 1.165) is 23.9 Å². The predicted molar refractivity (Wildman–Crippen MR) is 127 cm³/mol. The van der Waals surface area contributed by atoms with Crippen LogP contribution in [0, 0.1) is 5.92 Å². The molecule has 5 rings (SSSR count). The van der Waals surface area contributed by atoms with Gasteiger partial charge in [-0.05, 0) is 56.0 Å². The Morgan fingerprint density at radius 2 is 1.79 bits per heavy atom. The van der Waals surface area contributed by atoms with E-state index in [0.29, 0.717) is 50.7 Å². The van der Waals surface area contributed by atoms with Crippen LogP contribution in [0.3, 0.4) is 0 Å². The summed E-state index contributed by atoms with van der Waals surface area (Å²) < 4.78 is 33.2. The fraction of sp³-hybridized carbons (Fsp3) is 0.391. The van der Waals surface area contributed by atoms with Crippen LogP contribution < -0.4 is 10.2 Å². The van der Waals surface area contributed by atoms with E-state index in [9.17, 15) is 13.2 Å². The Labute approximate surface area is 197 Å². The summed E-state index contributed by atoms with van der Waals surface area (Å²) in [5, 5.41) is 3.04. The van der Waals surface area contributed by atoms with Gasteiger partial charge in [-0.15, -0.1) is 0 Å². The van der Waals surface area contributed by atoms with E-state index in [1.54, 1.807) is 6.07 Å². The van der Waals surface area contributed by atoms with Gasteiger partial charge in [0.2, 0.25) is 15.9 Å². The Morgan fingerprint density at radius 1 is 1.06 bits per heavy atom. The zero-order valence-electron chi connectivity index (χ0n) is 18.0. The van der Waals surface area contributed by atoms with Gasteiger partial charge in [0.25, 0.3) is 6.01 Å². The third-order valence-electron chi connectivity index (χ3n) is 6.30. The fourth-order valence-corrected chi connectivity index (χ4v) is 6.44. The number of hydrogen-bond donors (Lipinski definition) is 1. The van der Waals surface area contributed by atoms with Crippen molar-refractivity contribution in [2.45, 2.75) is 30.6 Å². The first kappa shape index (κ1) is 22.2. The van der Waals surface area contributed by atoms with Crippen molar-refractivity contribution in [1.29, 1.82) is 0 Å². The van der Waals surface area contributed by atoms with Crippen LogP contribution in [0.15, 0.2) is 51.8 Å². The molecule has 2 aliphatic heterocycles. The molecule has 33 heavy (non-hydrogen) atoms. The van der Waals surface area contributed by atoms with E-state index >= 15 is 0 Å². The van der Waals surface area contributed by atoms with E-state index < -0.39 is 10.0 Å². The highest BCUT2D eigenvalue weighted by Crippen LogP contribution is 2.31. The average molecular weight is 489 g/mol. The molecule has 0 bridgehead atoms. The molecular weight excluding hydrogens is 464 g/mol. The maximum absolute atomic E-state index is 12.9. The second-order valence-electron chi connectivity index (χ2n) is 8.47. The Hall–Kier alpha value is -2.62. The minimum Gasteiger partial charge on any atom is -0.423 e. The quantitative estimate of drug-likeness (QED) is 0.580. The summed E-state index contributed by atoms with van der Waals surface area (Å²) >= 11 is 6.21. The number of amides is 1. The zero-order valence-corrected chi connectivity index (χ0v) is 19.6. The minimum absolute atomic E-state index is 0.0367. The number of fused-ring (bicyclic) bond motifs is 1. The maximum Gasteiger partial charge on any atom is 0.298 e. The first-order valence-corrected chi connectivity index (χ1v) is 12.9. The summed E-state index contributed by atoms with van der Waals surface area (Å²) in [6, 6.07) is 12.8. The van der Waals surface area contributed by atoms with Crippen LogP contribution in [-0.2, 0) is 14.8 Å². The van der Waals surface area contributed by atoms with Gasteiger partial charge in [0.1, 0.15) is 10.4 Å². The second-order valence-corrected chi connectivity index (χ2v) is 10.8. The summed E-state index contributed by atoms with van der Waals surface area (Å²) in [6.45, 7) is 2.29. The van der Waals surface area contributed by atoms with Crippen molar-refractivity contribution in [3.05, 3.63) is 47.5 Å². The molecule has 0 unspecified atom stereocenters. The number of sulfonamides is 1. The molecule has 8 nitrogen and oxygen atoms in total. The van der Waals surface area contributed by atoms with Crippen LogP contribution in [0.1, 0.15) is 25.7 Å². The van der Waals surface area contributed by atoms with Gasteiger partial charge < -0.3 is 14.6 Å². The van der Waals surface area contributed by atoms with Crippen LogP contribution >= 0.6 is 11.6 Å². The van der Waals surface area contributed by atoms with Gasteiger partial charge in [-0.1, -0.05) is 23.7 Å². The molecular formula is C23H25ClN4O4S. The molecule has 1 amide bonds. The van der Waals surface area contributed by atoms with E-state index in [1.165, 1.54) is 16.4 Å². The summed E-state index contributed by atoms with van der Waals surface area (Å²) in [5.41, 5.74) is 1.99. The lowest BCUT2D eigenvalue weighted by Gasteiger charge is -2.30. The molecule has 0 aliphatic carbocycles. The molecule has 2 aromatic carbocycles. The molecule has 0 radical (unpaired) electrons. The van der Waals surface area contributed by atoms with Crippen molar-refractivity contribution < 1.29 is 17.6 Å². The number of oxazole rings is 1. The number of piperidine rings is 1. The van der Waals surface area contributed by atoms with Crippen LogP contribution in [0.5, 0.6) is 0 Å². The molecule has 174 valence electrons. The standard InChI is InChI=1S/C23H25ClN4O4S/c24-18-8-7-17(15-21(18)33(30,31)28-11-3-4-12-28)25-22(29)16-9-13-27(14-10-16)23-26-19-5-1-2-6-20(19)32-23/h1-2,5-8,15-16H,3-4,9-14H2,(H,25,29). The van der Waals surface area contributed by atoms with Gasteiger partial charge in [0.15, 0.2) is 5.58 Å². The molecule has 0 spiro atoms. The number of rotatable bonds is 5. The largest absolute Gasteiger partial charge is 0.423 e. The van der Waals surface area contributed by atoms with E-state index in [1.807, 2.05) is 29.2 Å². The number of benzene rings is 2. The average Bonchev–Trinajstić information content (AvgIpc) is 3.51. The maximum atomic E-state index is 12.9. The van der Waals surface area contributed by atoms with Crippen molar-refractivity contribution in [2.24, 2.45) is 5.92 Å². The number of anilines is 2. The van der Waals surface area contributed by atoms with Gasteiger partial charge in [0.05, 0.1) is 5.02 Å². The first-order valence-electron chi connectivity index (χ1n) is 11.1. The Bertz CT molecular complexity index is 1250. The lowest BCUT2D eigenvalue weighted by atomic mass is 9.96. The number of halogens is 1.